The van der Waals surface area contributed by atoms with E-state index >= 15 is 0 Å². The predicted octanol–water partition coefficient (Wildman–Crippen LogP) is 1.62. The molecule has 4 nitrogen and oxygen atoms in total. The largest absolute Gasteiger partial charge is 0.421 e. The van der Waals surface area contributed by atoms with Crippen LogP contribution >= 0.6 is 11.6 Å². The fourth-order valence-corrected chi connectivity index (χ4v) is 1.43. The van der Waals surface area contributed by atoms with Crippen molar-refractivity contribution < 1.29 is 4.42 Å². The van der Waals surface area contributed by atoms with Crippen LogP contribution in [0.3, 0.4) is 0 Å². The molecule has 2 rings (SSSR count). The molecule has 2 aromatic heterocycles. The molecular formula is C9H9ClN2O2. The van der Waals surface area contributed by atoms with E-state index in [1.54, 1.807) is 18.3 Å². The molecule has 2 heterocycles. The van der Waals surface area contributed by atoms with E-state index in [0.717, 1.165) is 6.42 Å². The predicted molar refractivity (Wildman–Crippen MR) is 53.6 cm³/mol. The van der Waals surface area contributed by atoms with Crippen LogP contribution in [0.5, 0.6) is 0 Å². The van der Waals surface area contributed by atoms with Crippen molar-refractivity contribution in [3.63, 3.8) is 0 Å². The van der Waals surface area contributed by atoms with Crippen LogP contribution in [0.2, 0.25) is 0 Å². The number of aryl methyl sites for hydroxylation is 1. The SMILES string of the molecule is O=c1oc2cccnc2n1CCCCl. The van der Waals surface area contributed by atoms with Crippen LogP contribution in [0, 0.1) is 0 Å². The molecule has 0 N–H and O–H groups in total. The average molecular weight is 213 g/mol. The smallest absolute Gasteiger partial charge is 0.406 e. The van der Waals surface area contributed by atoms with Gasteiger partial charge in [0.15, 0.2) is 11.2 Å². The molecule has 0 spiro atoms. The first kappa shape index (κ1) is 9.27. The lowest BCUT2D eigenvalue weighted by molar-refractivity contribution is 0.503. The minimum absolute atomic E-state index is 0.371. The average Bonchev–Trinajstić information content (AvgIpc) is 2.51. The van der Waals surface area contributed by atoms with E-state index in [1.165, 1.54) is 4.57 Å². The summed E-state index contributed by atoms with van der Waals surface area (Å²) >= 11 is 5.56. The number of halogens is 1. The third kappa shape index (κ3) is 1.53. The zero-order chi connectivity index (χ0) is 9.97. The topological polar surface area (TPSA) is 48.0 Å². The fourth-order valence-electron chi connectivity index (χ4n) is 1.32. The molecule has 0 radical (unpaired) electrons. The van der Waals surface area contributed by atoms with Gasteiger partial charge in [0.25, 0.3) is 0 Å². The summed E-state index contributed by atoms with van der Waals surface area (Å²) < 4.78 is 6.50. The first-order valence-electron chi connectivity index (χ1n) is 4.33. The first-order valence-corrected chi connectivity index (χ1v) is 4.86. The van der Waals surface area contributed by atoms with E-state index in [9.17, 15) is 4.79 Å². The highest BCUT2D eigenvalue weighted by Crippen LogP contribution is 2.08. The van der Waals surface area contributed by atoms with Crippen molar-refractivity contribution in [3.8, 4) is 0 Å². The highest BCUT2D eigenvalue weighted by molar-refractivity contribution is 6.17. The minimum Gasteiger partial charge on any atom is -0.406 e. The summed E-state index contributed by atoms with van der Waals surface area (Å²) in [5.41, 5.74) is 1.11. The third-order valence-corrected chi connectivity index (χ3v) is 2.21. The minimum atomic E-state index is -0.371. The zero-order valence-electron chi connectivity index (χ0n) is 7.44. The number of pyridine rings is 1. The van der Waals surface area contributed by atoms with Crippen molar-refractivity contribution in [3.05, 3.63) is 28.9 Å². The Morgan fingerprint density at radius 3 is 3.21 bits per heavy atom. The summed E-state index contributed by atoms with van der Waals surface area (Å²) in [5.74, 6) is 0.148. The standard InChI is InChI=1S/C9H9ClN2O2/c10-4-2-6-12-8-7(14-9(12)13)3-1-5-11-8/h1,3,5H,2,4,6H2. The van der Waals surface area contributed by atoms with Crippen molar-refractivity contribution in [2.24, 2.45) is 0 Å². The van der Waals surface area contributed by atoms with E-state index in [1.807, 2.05) is 0 Å². The number of hydrogen-bond acceptors (Lipinski definition) is 3. The highest BCUT2D eigenvalue weighted by Gasteiger charge is 2.08. The number of fused-ring (bicyclic) bond motifs is 1. The maximum Gasteiger partial charge on any atom is 0.421 e. The molecule has 0 fully saturated rings. The van der Waals surface area contributed by atoms with Gasteiger partial charge in [-0.1, -0.05) is 0 Å². The Labute approximate surface area is 85.1 Å². The van der Waals surface area contributed by atoms with Crippen molar-refractivity contribution >= 4 is 22.8 Å². The molecule has 0 aliphatic rings. The Morgan fingerprint density at radius 1 is 1.57 bits per heavy atom. The molecule has 0 unspecified atom stereocenters. The maximum atomic E-state index is 11.4. The zero-order valence-corrected chi connectivity index (χ0v) is 8.20. The Morgan fingerprint density at radius 2 is 2.43 bits per heavy atom. The molecule has 0 saturated carbocycles. The van der Waals surface area contributed by atoms with Gasteiger partial charge in [0.1, 0.15) is 0 Å². The number of rotatable bonds is 3. The first-order chi connectivity index (χ1) is 6.83. The van der Waals surface area contributed by atoms with Crippen LogP contribution in [-0.4, -0.2) is 15.4 Å². The molecule has 0 aliphatic heterocycles. The van der Waals surface area contributed by atoms with Crippen LogP contribution in [-0.2, 0) is 6.54 Å². The van der Waals surface area contributed by atoms with Crippen LogP contribution in [0.15, 0.2) is 27.5 Å². The molecule has 0 aromatic carbocycles. The summed E-state index contributed by atoms with van der Waals surface area (Å²) in [7, 11) is 0. The number of aromatic nitrogens is 2. The van der Waals surface area contributed by atoms with Gasteiger partial charge in [-0.05, 0) is 18.6 Å². The second kappa shape index (κ2) is 3.84. The molecule has 74 valence electrons. The van der Waals surface area contributed by atoms with Crippen molar-refractivity contribution in [1.29, 1.82) is 0 Å². The maximum absolute atomic E-state index is 11.4. The summed E-state index contributed by atoms with van der Waals surface area (Å²) in [6, 6.07) is 3.46. The molecule has 0 bridgehead atoms. The molecule has 2 aromatic rings. The monoisotopic (exact) mass is 212 g/mol. The van der Waals surface area contributed by atoms with Crippen molar-refractivity contribution in [2.45, 2.75) is 13.0 Å². The van der Waals surface area contributed by atoms with E-state index in [-0.39, 0.29) is 5.76 Å². The Bertz CT molecular complexity index is 489. The summed E-state index contributed by atoms with van der Waals surface area (Å²) in [4.78, 5) is 15.4. The van der Waals surface area contributed by atoms with Gasteiger partial charge in [0.2, 0.25) is 0 Å². The van der Waals surface area contributed by atoms with Gasteiger partial charge in [0.05, 0.1) is 0 Å². The fraction of sp³-hybridized carbons (Fsp3) is 0.333. The Hall–Kier alpha value is -1.29. The van der Waals surface area contributed by atoms with Gasteiger partial charge < -0.3 is 4.42 Å². The van der Waals surface area contributed by atoms with E-state index in [0.29, 0.717) is 23.7 Å². The number of oxazole rings is 1. The lowest BCUT2D eigenvalue weighted by Crippen LogP contribution is -2.14. The quantitative estimate of drug-likeness (QED) is 0.727. The van der Waals surface area contributed by atoms with E-state index < -0.39 is 0 Å². The van der Waals surface area contributed by atoms with Crippen LogP contribution in [0.1, 0.15) is 6.42 Å². The molecule has 0 atom stereocenters. The van der Waals surface area contributed by atoms with E-state index in [2.05, 4.69) is 4.98 Å². The number of hydrogen-bond donors (Lipinski definition) is 0. The van der Waals surface area contributed by atoms with Crippen molar-refractivity contribution in [2.75, 3.05) is 5.88 Å². The van der Waals surface area contributed by atoms with E-state index in [4.69, 9.17) is 16.0 Å². The van der Waals surface area contributed by atoms with Gasteiger partial charge >= 0.3 is 5.76 Å². The van der Waals surface area contributed by atoms with Crippen LogP contribution < -0.4 is 5.76 Å². The molecule has 0 aliphatic carbocycles. The Kier molecular flexibility index (Phi) is 2.54. The van der Waals surface area contributed by atoms with Gasteiger partial charge in [-0.25, -0.2) is 9.78 Å². The number of nitrogens with zero attached hydrogens (tertiary/aromatic N) is 2. The second-order valence-corrected chi connectivity index (χ2v) is 3.27. The summed E-state index contributed by atoms with van der Waals surface area (Å²) in [6.07, 6.45) is 2.36. The third-order valence-electron chi connectivity index (χ3n) is 1.94. The second-order valence-electron chi connectivity index (χ2n) is 2.89. The highest BCUT2D eigenvalue weighted by atomic mass is 35.5. The molecule has 0 amide bonds. The van der Waals surface area contributed by atoms with Gasteiger partial charge in [-0.3, -0.25) is 4.57 Å². The van der Waals surface area contributed by atoms with Crippen LogP contribution in [0.25, 0.3) is 11.2 Å². The molecular weight excluding hydrogens is 204 g/mol. The lowest BCUT2D eigenvalue weighted by atomic mass is 10.4. The van der Waals surface area contributed by atoms with Crippen LogP contribution in [0.4, 0.5) is 0 Å². The number of alkyl halides is 1. The van der Waals surface area contributed by atoms with Gasteiger partial charge in [0, 0.05) is 18.6 Å². The lowest BCUT2D eigenvalue weighted by Gasteiger charge is -1.97. The normalized spacial score (nSPS) is 10.9. The molecule has 14 heavy (non-hydrogen) atoms. The summed E-state index contributed by atoms with van der Waals surface area (Å²) in [6.45, 7) is 0.548. The summed E-state index contributed by atoms with van der Waals surface area (Å²) in [5, 5.41) is 0. The molecule has 0 saturated heterocycles. The molecule has 5 heteroatoms. The Balaban J connectivity index is 2.51. The van der Waals surface area contributed by atoms with Crippen molar-refractivity contribution in [1.82, 2.24) is 9.55 Å². The van der Waals surface area contributed by atoms with Gasteiger partial charge in [-0.15, -0.1) is 11.6 Å². The van der Waals surface area contributed by atoms with Gasteiger partial charge in [-0.2, -0.15) is 0 Å².